The topological polar surface area (TPSA) is 77.6 Å². The average Bonchev–Trinajstić information content (AvgIpc) is 3.10. The molecule has 1 saturated heterocycles. The third-order valence-electron chi connectivity index (χ3n) is 5.63. The molecule has 4 rings (SSSR count). The van der Waals surface area contributed by atoms with Crippen LogP contribution < -0.4 is 10.9 Å². The molecule has 2 aliphatic heterocycles. The van der Waals surface area contributed by atoms with Gasteiger partial charge in [0.2, 0.25) is 0 Å². The Labute approximate surface area is 153 Å². The van der Waals surface area contributed by atoms with E-state index in [1.807, 2.05) is 22.4 Å². The van der Waals surface area contributed by atoms with Gasteiger partial charge in [-0.1, -0.05) is 11.6 Å². The van der Waals surface area contributed by atoms with Crippen LogP contribution in [0.15, 0.2) is 11.0 Å². The molecular formula is C19H28N6O. The first-order chi connectivity index (χ1) is 12.7. The molecule has 140 valence electrons. The summed E-state index contributed by atoms with van der Waals surface area (Å²) in [6, 6.07) is 0.519. The maximum atomic E-state index is 12.8. The number of aromatic nitrogens is 5. The van der Waals surface area contributed by atoms with Gasteiger partial charge in [0.05, 0.1) is 5.69 Å². The minimum Gasteiger partial charge on any atom is -0.314 e. The Bertz CT molecular complexity index is 818. The Balaban J connectivity index is 1.42. The lowest BCUT2D eigenvalue weighted by Gasteiger charge is -2.22. The van der Waals surface area contributed by atoms with Crippen LogP contribution in [0.3, 0.4) is 0 Å². The number of rotatable bonds is 5. The summed E-state index contributed by atoms with van der Waals surface area (Å²) in [5.41, 5.74) is 2.86. The van der Waals surface area contributed by atoms with E-state index in [4.69, 9.17) is 0 Å². The number of nitrogens with one attached hydrogen (secondary N) is 1. The fourth-order valence-electron chi connectivity index (χ4n) is 4.14. The summed E-state index contributed by atoms with van der Waals surface area (Å²) < 4.78 is 3.73. The van der Waals surface area contributed by atoms with Crippen molar-refractivity contribution in [1.82, 2.24) is 29.9 Å². The fraction of sp³-hybridized carbons (Fsp3) is 0.684. The van der Waals surface area contributed by atoms with Crippen molar-refractivity contribution in [2.24, 2.45) is 0 Å². The summed E-state index contributed by atoms with van der Waals surface area (Å²) in [6.45, 7) is 4.53. The molecule has 1 fully saturated rings. The van der Waals surface area contributed by atoms with E-state index in [9.17, 15) is 4.79 Å². The van der Waals surface area contributed by atoms with Crippen LogP contribution >= 0.6 is 0 Å². The van der Waals surface area contributed by atoms with Crippen LogP contribution in [0, 0.1) is 6.92 Å². The number of hydrogen-bond acceptors (Lipinski definition) is 5. The highest BCUT2D eigenvalue weighted by molar-refractivity contribution is 5.18. The highest BCUT2D eigenvalue weighted by Crippen LogP contribution is 2.14. The maximum absolute atomic E-state index is 12.8. The van der Waals surface area contributed by atoms with E-state index >= 15 is 0 Å². The third kappa shape index (κ3) is 3.72. The molecule has 0 saturated carbocycles. The highest BCUT2D eigenvalue weighted by Gasteiger charge is 2.18. The molecule has 1 atom stereocenters. The Morgan fingerprint density at radius 2 is 2.19 bits per heavy atom. The molecule has 7 nitrogen and oxygen atoms in total. The van der Waals surface area contributed by atoms with E-state index in [0.29, 0.717) is 19.0 Å². The van der Waals surface area contributed by atoms with Gasteiger partial charge in [-0.3, -0.25) is 14.0 Å². The molecule has 0 aromatic carbocycles. The van der Waals surface area contributed by atoms with Crippen LogP contribution in [0.5, 0.6) is 0 Å². The van der Waals surface area contributed by atoms with Crippen molar-refractivity contribution in [3.8, 4) is 0 Å². The Morgan fingerprint density at radius 1 is 1.27 bits per heavy atom. The molecule has 0 amide bonds. The first kappa shape index (κ1) is 17.4. The standard InChI is InChI=1S/C19H28N6O/c1-14-17(19(26)25-10-5-3-7-18(25)21-14)8-11-24-13-16(22-23-24)12-15-6-2-4-9-20-15/h13,15,20H,2-12H2,1H3. The van der Waals surface area contributed by atoms with Crippen molar-refractivity contribution >= 4 is 0 Å². The summed E-state index contributed by atoms with van der Waals surface area (Å²) in [5.74, 6) is 0.950. The number of aryl methyl sites for hydroxylation is 3. The van der Waals surface area contributed by atoms with Crippen molar-refractivity contribution in [3.05, 3.63) is 39.3 Å². The SMILES string of the molecule is Cc1nc2n(c(=O)c1CCn1cc(CC3CCCCN3)nn1)CCCC2. The van der Waals surface area contributed by atoms with Crippen LogP contribution in [0.4, 0.5) is 0 Å². The quantitative estimate of drug-likeness (QED) is 0.876. The summed E-state index contributed by atoms with van der Waals surface area (Å²) in [4.78, 5) is 17.5. The fourth-order valence-corrected chi connectivity index (χ4v) is 4.14. The van der Waals surface area contributed by atoms with E-state index in [1.54, 1.807) is 0 Å². The van der Waals surface area contributed by atoms with E-state index in [-0.39, 0.29) is 5.56 Å². The lowest BCUT2D eigenvalue weighted by atomic mass is 10.0. The van der Waals surface area contributed by atoms with E-state index in [2.05, 4.69) is 20.6 Å². The number of fused-ring (bicyclic) bond motifs is 1. The van der Waals surface area contributed by atoms with Gasteiger partial charge in [-0.05, 0) is 45.6 Å². The van der Waals surface area contributed by atoms with Gasteiger partial charge in [-0.25, -0.2) is 4.98 Å². The van der Waals surface area contributed by atoms with Crippen molar-refractivity contribution in [2.45, 2.75) is 77.4 Å². The van der Waals surface area contributed by atoms with Crippen molar-refractivity contribution < 1.29 is 0 Å². The molecule has 0 aliphatic carbocycles. The Morgan fingerprint density at radius 3 is 3.04 bits per heavy atom. The molecule has 0 spiro atoms. The van der Waals surface area contributed by atoms with Gasteiger partial charge in [0.25, 0.3) is 5.56 Å². The largest absolute Gasteiger partial charge is 0.314 e. The highest BCUT2D eigenvalue weighted by atomic mass is 16.1. The number of piperidine rings is 1. The number of hydrogen-bond donors (Lipinski definition) is 1. The molecule has 2 aliphatic rings. The summed E-state index contributed by atoms with van der Waals surface area (Å²) in [6.07, 6.45) is 10.5. The van der Waals surface area contributed by atoms with E-state index in [1.165, 1.54) is 19.3 Å². The molecule has 2 aromatic rings. The Kier molecular flexibility index (Phi) is 5.15. The predicted molar refractivity (Wildman–Crippen MR) is 99.2 cm³/mol. The summed E-state index contributed by atoms with van der Waals surface area (Å²) in [7, 11) is 0. The molecule has 4 heterocycles. The van der Waals surface area contributed by atoms with Gasteiger partial charge in [-0.2, -0.15) is 0 Å². The Hall–Kier alpha value is -2.02. The summed E-state index contributed by atoms with van der Waals surface area (Å²) >= 11 is 0. The van der Waals surface area contributed by atoms with Gasteiger partial charge in [-0.15, -0.1) is 5.10 Å². The van der Waals surface area contributed by atoms with Crippen LogP contribution in [0.2, 0.25) is 0 Å². The molecule has 1 unspecified atom stereocenters. The monoisotopic (exact) mass is 356 g/mol. The van der Waals surface area contributed by atoms with Crippen LogP contribution in [-0.2, 0) is 32.4 Å². The third-order valence-corrected chi connectivity index (χ3v) is 5.63. The van der Waals surface area contributed by atoms with Gasteiger partial charge in [0.15, 0.2) is 0 Å². The van der Waals surface area contributed by atoms with Crippen molar-refractivity contribution in [1.29, 1.82) is 0 Å². The smallest absolute Gasteiger partial charge is 0.257 e. The van der Waals surface area contributed by atoms with Crippen LogP contribution in [0.1, 0.15) is 54.9 Å². The maximum Gasteiger partial charge on any atom is 0.257 e. The second-order valence-electron chi connectivity index (χ2n) is 7.58. The number of nitrogens with zero attached hydrogens (tertiary/aromatic N) is 5. The lowest BCUT2D eigenvalue weighted by molar-refractivity contribution is 0.397. The first-order valence-electron chi connectivity index (χ1n) is 9.92. The van der Waals surface area contributed by atoms with Gasteiger partial charge < -0.3 is 5.32 Å². The zero-order valence-corrected chi connectivity index (χ0v) is 15.6. The first-order valence-corrected chi connectivity index (χ1v) is 9.92. The predicted octanol–water partition coefficient (Wildman–Crippen LogP) is 1.41. The van der Waals surface area contributed by atoms with Crippen molar-refractivity contribution in [3.63, 3.8) is 0 Å². The second-order valence-corrected chi connectivity index (χ2v) is 7.58. The minimum atomic E-state index is 0.138. The van der Waals surface area contributed by atoms with Gasteiger partial charge >= 0.3 is 0 Å². The van der Waals surface area contributed by atoms with Crippen molar-refractivity contribution in [2.75, 3.05) is 6.54 Å². The molecule has 7 heteroatoms. The zero-order chi connectivity index (χ0) is 17.9. The summed E-state index contributed by atoms with van der Waals surface area (Å²) in [5, 5.41) is 12.1. The molecule has 26 heavy (non-hydrogen) atoms. The molecular weight excluding hydrogens is 328 g/mol. The minimum absolute atomic E-state index is 0.138. The second kappa shape index (κ2) is 7.70. The average molecular weight is 356 g/mol. The molecule has 1 N–H and O–H groups in total. The normalized spacial score (nSPS) is 20.1. The van der Waals surface area contributed by atoms with E-state index in [0.717, 1.165) is 61.5 Å². The molecule has 0 radical (unpaired) electrons. The molecule has 2 aromatic heterocycles. The van der Waals surface area contributed by atoms with Crippen LogP contribution in [0.25, 0.3) is 0 Å². The lowest BCUT2D eigenvalue weighted by Crippen LogP contribution is -2.35. The van der Waals surface area contributed by atoms with E-state index < -0.39 is 0 Å². The molecule has 0 bridgehead atoms. The van der Waals surface area contributed by atoms with Gasteiger partial charge in [0.1, 0.15) is 5.82 Å². The zero-order valence-electron chi connectivity index (χ0n) is 15.6. The van der Waals surface area contributed by atoms with Crippen LogP contribution in [-0.4, -0.2) is 37.1 Å². The van der Waals surface area contributed by atoms with Gasteiger partial charge in [0, 0.05) is 49.4 Å².